The maximum Gasteiger partial charge on any atom is 0.350 e. The van der Waals surface area contributed by atoms with Crippen LogP contribution in [0.25, 0.3) is 5.76 Å². The number of aliphatic hydroxyl groups is 1. The first-order chi connectivity index (χ1) is 21.4. The van der Waals surface area contributed by atoms with Crippen molar-refractivity contribution in [2.24, 2.45) is 0 Å². The zero-order chi connectivity index (χ0) is 30.8. The Morgan fingerprint density at radius 3 is 2.48 bits per heavy atom. The molecule has 11 heteroatoms. The van der Waals surface area contributed by atoms with E-state index in [4.69, 9.17) is 18.9 Å². The molecule has 0 saturated carbocycles. The number of ketones is 1. The number of hydrogen-bond acceptors (Lipinski definition) is 10. The molecule has 1 N–H and O–H groups in total. The molecule has 1 aromatic heterocycles. The van der Waals surface area contributed by atoms with Gasteiger partial charge < -0.3 is 24.1 Å². The van der Waals surface area contributed by atoms with Crippen LogP contribution in [0.4, 0.5) is 5.13 Å². The van der Waals surface area contributed by atoms with E-state index >= 15 is 0 Å². The number of anilines is 1. The van der Waals surface area contributed by atoms with Gasteiger partial charge in [-0.1, -0.05) is 53.8 Å². The predicted molar refractivity (Wildman–Crippen MR) is 162 cm³/mol. The van der Waals surface area contributed by atoms with Gasteiger partial charge in [-0.25, -0.2) is 9.78 Å². The second-order valence-corrected chi connectivity index (χ2v) is 11.0. The molecule has 4 aromatic rings. The van der Waals surface area contributed by atoms with Gasteiger partial charge in [-0.3, -0.25) is 14.5 Å². The van der Waals surface area contributed by atoms with Crippen molar-refractivity contribution in [3.05, 3.63) is 106 Å². The van der Waals surface area contributed by atoms with E-state index in [0.29, 0.717) is 48.3 Å². The average molecular weight is 613 g/mol. The Hall–Kier alpha value is -5.16. The van der Waals surface area contributed by atoms with Crippen LogP contribution in [-0.2, 0) is 20.9 Å². The Kier molecular flexibility index (Phi) is 8.03. The lowest BCUT2D eigenvalue weighted by molar-refractivity contribution is -0.132. The summed E-state index contributed by atoms with van der Waals surface area (Å²) in [6.45, 7) is 4.59. The molecule has 0 radical (unpaired) electrons. The first-order valence-corrected chi connectivity index (χ1v) is 14.8. The number of benzene rings is 3. The van der Waals surface area contributed by atoms with Gasteiger partial charge in [-0.15, -0.1) is 0 Å². The monoisotopic (exact) mass is 612 g/mol. The molecule has 0 spiro atoms. The number of carbonyl (C=O) groups is 3. The molecule has 224 valence electrons. The van der Waals surface area contributed by atoms with Gasteiger partial charge in [0, 0.05) is 5.56 Å². The third-order valence-electron chi connectivity index (χ3n) is 7.16. The fraction of sp³-hybridized carbons (Fsp3) is 0.212. The Morgan fingerprint density at radius 2 is 1.75 bits per heavy atom. The fourth-order valence-corrected chi connectivity index (χ4v) is 6.04. The van der Waals surface area contributed by atoms with Crippen LogP contribution < -0.4 is 19.1 Å². The SMILES string of the molecule is CCOC(=O)c1sc(N2C(=O)C(=O)/C(=C(/O)c3ccc4c(c3)OCCO4)C2c2ccc(OCc3ccccc3)cc2)nc1C. The lowest BCUT2D eigenvalue weighted by Gasteiger charge is -2.23. The molecule has 2 aliphatic rings. The minimum Gasteiger partial charge on any atom is -0.507 e. The van der Waals surface area contributed by atoms with Gasteiger partial charge in [0.25, 0.3) is 5.78 Å². The van der Waals surface area contributed by atoms with E-state index in [1.54, 1.807) is 56.3 Å². The molecule has 1 unspecified atom stereocenters. The summed E-state index contributed by atoms with van der Waals surface area (Å²) in [5.74, 6) is -1.22. The minimum absolute atomic E-state index is 0.128. The molecular weight excluding hydrogens is 584 g/mol. The lowest BCUT2D eigenvalue weighted by atomic mass is 9.95. The molecule has 2 aliphatic heterocycles. The maximum atomic E-state index is 13.6. The molecule has 1 amide bonds. The Bertz CT molecular complexity index is 1760. The van der Waals surface area contributed by atoms with Gasteiger partial charge in [0.05, 0.1) is 23.9 Å². The van der Waals surface area contributed by atoms with Crippen molar-refractivity contribution in [1.29, 1.82) is 0 Å². The van der Waals surface area contributed by atoms with E-state index in [9.17, 15) is 19.5 Å². The standard InChI is InChI=1S/C33H28N2O8S/c1-3-40-32(39)30-19(2)34-33(44-30)35-27(21-9-12-23(13-10-21)43-18-20-7-5-4-6-8-20)26(29(37)31(35)38)28(36)22-11-14-24-25(17-22)42-16-15-41-24/h4-14,17,27,36H,3,15-16,18H2,1-2H3/b28-26+. The van der Waals surface area contributed by atoms with Crippen LogP contribution in [0.15, 0.2) is 78.4 Å². The summed E-state index contributed by atoms with van der Waals surface area (Å²) in [7, 11) is 0. The number of rotatable bonds is 8. The Balaban J connectivity index is 1.42. The Morgan fingerprint density at radius 1 is 1.02 bits per heavy atom. The van der Waals surface area contributed by atoms with E-state index in [0.717, 1.165) is 16.9 Å². The van der Waals surface area contributed by atoms with Crippen molar-refractivity contribution in [3.63, 3.8) is 0 Å². The van der Waals surface area contributed by atoms with Crippen LogP contribution in [0.1, 0.15) is 45.0 Å². The molecule has 6 rings (SSSR count). The number of carbonyl (C=O) groups excluding carboxylic acids is 3. The predicted octanol–water partition coefficient (Wildman–Crippen LogP) is 5.60. The van der Waals surface area contributed by atoms with Crippen molar-refractivity contribution in [2.75, 3.05) is 24.7 Å². The van der Waals surface area contributed by atoms with Crippen molar-refractivity contribution in [2.45, 2.75) is 26.5 Å². The molecule has 0 aliphatic carbocycles. The molecule has 1 fully saturated rings. The Labute approximate surface area is 257 Å². The highest BCUT2D eigenvalue weighted by Crippen LogP contribution is 2.45. The molecule has 3 heterocycles. The van der Waals surface area contributed by atoms with E-state index in [1.165, 1.54) is 4.90 Å². The number of hydrogen-bond donors (Lipinski definition) is 1. The summed E-state index contributed by atoms with van der Waals surface area (Å²) in [4.78, 5) is 45.7. The van der Waals surface area contributed by atoms with Crippen LogP contribution in [0.5, 0.6) is 17.2 Å². The number of esters is 1. The molecule has 3 aromatic carbocycles. The first-order valence-electron chi connectivity index (χ1n) is 14.0. The highest BCUT2D eigenvalue weighted by atomic mass is 32.1. The summed E-state index contributed by atoms with van der Waals surface area (Å²) in [6.07, 6.45) is 0. The summed E-state index contributed by atoms with van der Waals surface area (Å²) >= 11 is 0.948. The summed E-state index contributed by atoms with van der Waals surface area (Å²) < 4.78 is 22.3. The van der Waals surface area contributed by atoms with Crippen molar-refractivity contribution in [1.82, 2.24) is 4.98 Å². The van der Waals surface area contributed by atoms with Gasteiger partial charge in [-0.2, -0.15) is 0 Å². The van der Waals surface area contributed by atoms with E-state index in [-0.39, 0.29) is 33.5 Å². The van der Waals surface area contributed by atoms with Gasteiger partial charge in [0.1, 0.15) is 36.2 Å². The maximum absolute atomic E-state index is 13.6. The molecule has 10 nitrogen and oxygen atoms in total. The van der Waals surface area contributed by atoms with Crippen molar-refractivity contribution in [3.8, 4) is 17.2 Å². The zero-order valence-corrected chi connectivity index (χ0v) is 24.8. The van der Waals surface area contributed by atoms with Crippen LogP contribution >= 0.6 is 11.3 Å². The number of fused-ring (bicyclic) bond motifs is 1. The number of amides is 1. The number of aryl methyl sites for hydroxylation is 1. The van der Waals surface area contributed by atoms with Crippen molar-refractivity contribution >= 4 is 39.9 Å². The summed E-state index contributed by atoms with van der Waals surface area (Å²) in [5.41, 5.74) is 2.04. The fourth-order valence-electron chi connectivity index (χ4n) is 5.05. The minimum atomic E-state index is -1.05. The number of aromatic nitrogens is 1. The number of aliphatic hydroxyl groups excluding tert-OH is 1. The van der Waals surface area contributed by atoms with Gasteiger partial charge in [-0.05, 0) is 55.3 Å². The summed E-state index contributed by atoms with van der Waals surface area (Å²) in [6, 6.07) is 20.4. The number of thiazole rings is 1. The normalized spacial score (nSPS) is 17.0. The largest absolute Gasteiger partial charge is 0.507 e. The number of nitrogens with zero attached hydrogens (tertiary/aromatic N) is 2. The third kappa shape index (κ3) is 5.49. The zero-order valence-electron chi connectivity index (χ0n) is 23.9. The van der Waals surface area contributed by atoms with E-state index < -0.39 is 23.7 Å². The smallest absolute Gasteiger partial charge is 0.350 e. The van der Waals surface area contributed by atoms with Crippen molar-refractivity contribution < 1.29 is 38.4 Å². The second-order valence-electron chi connectivity index (χ2n) is 10.0. The first kappa shape index (κ1) is 28.9. The van der Waals surface area contributed by atoms with Gasteiger partial charge in [0.15, 0.2) is 16.6 Å². The number of ether oxygens (including phenoxy) is 4. The number of Topliss-reactive ketones (excluding diaryl/α,β-unsaturated/α-hetero) is 1. The molecule has 0 bridgehead atoms. The quantitative estimate of drug-likeness (QED) is 0.117. The highest BCUT2D eigenvalue weighted by molar-refractivity contribution is 7.17. The van der Waals surface area contributed by atoms with E-state index in [1.807, 2.05) is 30.3 Å². The van der Waals surface area contributed by atoms with Crippen LogP contribution in [0.2, 0.25) is 0 Å². The second kappa shape index (κ2) is 12.2. The van der Waals surface area contributed by atoms with Crippen LogP contribution in [-0.4, -0.2) is 47.6 Å². The van der Waals surface area contributed by atoms with E-state index in [2.05, 4.69) is 4.98 Å². The van der Waals surface area contributed by atoms with Crippen LogP contribution in [0, 0.1) is 6.92 Å². The van der Waals surface area contributed by atoms with Gasteiger partial charge >= 0.3 is 11.9 Å². The molecule has 44 heavy (non-hydrogen) atoms. The van der Waals surface area contributed by atoms with Gasteiger partial charge in [0.2, 0.25) is 0 Å². The summed E-state index contributed by atoms with van der Waals surface area (Å²) in [5, 5.41) is 11.7. The molecule has 1 atom stereocenters. The third-order valence-corrected chi connectivity index (χ3v) is 8.29. The molecule has 1 saturated heterocycles. The average Bonchev–Trinajstić information content (AvgIpc) is 3.56. The molecular formula is C33H28N2O8S. The van der Waals surface area contributed by atoms with Crippen LogP contribution in [0.3, 0.4) is 0 Å². The highest BCUT2D eigenvalue weighted by Gasteiger charge is 2.48. The topological polar surface area (TPSA) is 124 Å². The lowest BCUT2D eigenvalue weighted by Crippen LogP contribution is -2.29.